The first kappa shape index (κ1) is 11.7. The number of hydrogen-bond acceptors (Lipinski definition) is 1. The van der Waals surface area contributed by atoms with E-state index in [-0.39, 0.29) is 5.16 Å². The summed E-state index contributed by atoms with van der Waals surface area (Å²) in [5.41, 5.74) is 0.948. The van der Waals surface area contributed by atoms with Crippen LogP contribution in [0.5, 0.6) is 0 Å². The van der Waals surface area contributed by atoms with E-state index in [9.17, 15) is 4.39 Å². The first-order chi connectivity index (χ1) is 7.84. The number of rotatable bonds is 3. The molecule has 0 radical (unpaired) electrons. The van der Waals surface area contributed by atoms with Crippen LogP contribution in [0.1, 0.15) is 37.7 Å². The maximum Gasteiger partial charge on any atom is 0.157 e. The van der Waals surface area contributed by atoms with E-state index in [0.717, 1.165) is 5.56 Å². The Bertz CT molecular complexity index is 339. The van der Waals surface area contributed by atoms with Crippen molar-refractivity contribution in [3.63, 3.8) is 0 Å². The lowest BCUT2D eigenvalue weighted by Gasteiger charge is -2.19. The Balaban J connectivity index is 1.91. The average Bonchev–Trinajstić information content (AvgIpc) is 2.31. The number of hydrogen-bond donors (Lipinski definition) is 0. The summed E-state index contributed by atoms with van der Waals surface area (Å²) in [6.07, 6.45) is 7.81. The molecule has 1 aromatic rings. The van der Waals surface area contributed by atoms with E-state index < -0.39 is 0 Å². The molecule has 0 bridgehead atoms. The summed E-state index contributed by atoms with van der Waals surface area (Å²) in [5.74, 6) is 0. The quantitative estimate of drug-likeness (QED) is 0.710. The normalized spacial score (nSPS) is 18.7. The highest BCUT2D eigenvalue weighted by Crippen LogP contribution is 2.34. The molecular weight excluding hydrogens is 219 g/mol. The second-order valence-corrected chi connectivity index (χ2v) is 5.53. The molecular formula is C14H17FS. The Hall–Kier alpha value is -0.760. The Labute approximate surface area is 101 Å². The predicted octanol–water partition coefficient (Wildman–Crippen LogP) is 5.02. The van der Waals surface area contributed by atoms with Gasteiger partial charge in [-0.2, -0.15) is 4.39 Å². The van der Waals surface area contributed by atoms with Gasteiger partial charge in [0.1, 0.15) is 0 Å². The minimum absolute atomic E-state index is 0.0434. The molecule has 1 saturated carbocycles. The lowest BCUT2D eigenvalue weighted by Crippen LogP contribution is -2.07. The van der Waals surface area contributed by atoms with Gasteiger partial charge in [0.15, 0.2) is 5.16 Å². The lowest BCUT2D eigenvalue weighted by atomic mass is 10.0. The van der Waals surface area contributed by atoms with Crippen LogP contribution >= 0.6 is 11.8 Å². The summed E-state index contributed by atoms with van der Waals surface area (Å²) in [6.45, 7) is 0. The van der Waals surface area contributed by atoms with Gasteiger partial charge in [0.05, 0.1) is 0 Å². The van der Waals surface area contributed by atoms with Crippen molar-refractivity contribution >= 4 is 17.8 Å². The molecule has 0 saturated heterocycles. The fourth-order valence-corrected chi connectivity index (χ4v) is 3.15. The highest BCUT2D eigenvalue weighted by molar-refractivity contribution is 8.03. The molecule has 1 aromatic carbocycles. The molecule has 16 heavy (non-hydrogen) atoms. The second-order valence-electron chi connectivity index (χ2n) is 4.24. The van der Waals surface area contributed by atoms with Crippen molar-refractivity contribution in [2.24, 2.45) is 0 Å². The van der Waals surface area contributed by atoms with Gasteiger partial charge >= 0.3 is 0 Å². The molecule has 2 heteroatoms. The van der Waals surface area contributed by atoms with Crippen molar-refractivity contribution in [2.75, 3.05) is 0 Å². The zero-order chi connectivity index (χ0) is 11.2. The van der Waals surface area contributed by atoms with Gasteiger partial charge in [0.2, 0.25) is 0 Å². The van der Waals surface area contributed by atoms with Crippen LogP contribution in [0, 0.1) is 0 Å². The molecule has 1 aliphatic rings. The van der Waals surface area contributed by atoms with Crippen LogP contribution in [0.3, 0.4) is 0 Å². The van der Waals surface area contributed by atoms with E-state index in [0.29, 0.717) is 5.25 Å². The van der Waals surface area contributed by atoms with E-state index in [1.165, 1.54) is 43.9 Å². The van der Waals surface area contributed by atoms with E-state index in [4.69, 9.17) is 0 Å². The molecule has 0 nitrogen and oxygen atoms in total. The molecule has 0 amide bonds. The molecule has 1 fully saturated rings. The topological polar surface area (TPSA) is 0 Å². The zero-order valence-electron chi connectivity index (χ0n) is 9.36. The molecule has 0 heterocycles. The van der Waals surface area contributed by atoms with Crippen molar-refractivity contribution in [3.05, 3.63) is 41.1 Å². The summed E-state index contributed by atoms with van der Waals surface area (Å²) < 4.78 is 13.7. The average molecular weight is 236 g/mol. The molecule has 2 rings (SSSR count). The van der Waals surface area contributed by atoms with Crippen molar-refractivity contribution < 1.29 is 4.39 Å². The van der Waals surface area contributed by atoms with E-state index >= 15 is 0 Å². The third-order valence-corrected chi connectivity index (χ3v) is 4.06. The van der Waals surface area contributed by atoms with Gasteiger partial charge in [-0.15, -0.1) is 0 Å². The molecule has 0 aliphatic heterocycles. The molecule has 0 atom stereocenters. The summed E-state index contributed by atoms with van der Waals surface area (Å²) in [4.78, 5) is 0. The second kappa shape index (κ2) is 6.09. The highest BCUT2D eigenvalue weighted by Gasteiger charge is 2.15. The monoisotopic (exact) mass is 236 g/mol. The van der Waals surface area contributed by atoms with Crippen molar-refractivity contribution in [1.29, 1.82) is 0 Å². The first-order valence-electron chi connectivity index (χ1n) is 5.93. The van der Waals surface area contributed by atoms with Gasteiger partial charge < -0.3 is 0 Å². The molecule has 1 aliphatic carbocycles. The third-order valence-electron chi connectivity index (χ3n) is 2.91. The third kappa shape index (κ3) is 3.67. The number of benzene rings is 1. The minimum atomic E-state index is -0.0434. The Kier molecular flexibility index (Phi) is 4.46. The Morgan fingerprint density at radius 1 is 1.12 bits per heavy atom. The van der Waals surface area contributed by atoms with Crippen molar-refractivity contribution in [2.45, 2.75) is 37.4 Å². The van der Waals surface area contributed by atoms with Crippen molar-refractivity contribution in [3.8, 4) is 0 Å². The van der Waals surface area contributed by atoms with Crippen LogP contribution in [0.25, 0.3) is 6.08 Å². The number of thioether (sulfide) groups is 1. The van der Waals surface area contributed by atoms with E-state index in [1.807, 2.05) is 30.3 Å². The van der Waals surface area contributed by atoms with Crippen LogP contribution in [0.4, 0.5) is 4.39 Å². The molecule has 0 spiro atoms. The van der Waals surface area contributed by atoms with Gasteiger partial charge in [-0.1, -0.05) is 61.4 Å². The van der Waals surface area contributed by atoms with Crippen LogP contribution in [0.2, 0.25) is 0 Å². The van der Waals surface area contributed by atoms with E-state index in [1.54, 1.807) is 6.08 Å². The SMILES string of the molecule is F/C(=C/c1ccccc1)SC1CCCCC1. The largest absolute Gasteiger partial charge is 0.199 e. The van der Waals surface area contributed by atoms with Crippen LogP contribution in [-0.2, 0) is 0 Å². The standard InChI is InChI=1S/C14H17FS/c15-14(11-12-7-3-1-4-8-12)16-13-9-5-2-6-10-13/h1,3-4,7-8,11,13H,2,5-6,9-10H2/b14-11-. The maximum atomic E-state index is 13.7. The smallest absolute Gasteiger partial charge is 0.157 e. The van der Waals surface area contributed by atoms with Gasteiger partial charge in [-0.3, -0.25) is 0 Å². The lowest BCUT2D eigenvalue weighted by molar-refractivity contribution is 0.515. The van der Waals surface area contributed by atoms with Gasteiger partial charge in [0, 0.05) is 5.25 Å². The van der Waals surface area contributed by atoms with Crippen LogP contribution < -0.4 is 0 Å². The fourth-order valence-electron chi connectivity index (χ4n) is 2.06. The van der Waals surface area contributed by atoms with Gasteiger partial charge in [-0.05, 0) is 24.5 Å². The molecule has 86 valence electrons. The minimum Gasteiger partial charge on any atom is -0.199 e. The zero-order valence-corrected chi connectivity index (χ0v) is 10.2. The summed E-state index contributed by atoms with van der Waals surface area (Å²) in [5, 5.41) is 0.451. The molecule has 0 aromatic heterocycles. The van der Waals surface area contributed by atoms with Crippen LogP contribution in [0.15, 0.2) is 35.5 Å². The van der Waals surface area contributed by atoms with Gasteiger partial charge in [-0.25, -0.2) is 0 Å². The van der Waals surface area contributed by atoms with Crippen LogP contribution in [-0.4, -0.2) is 5.25 Å². The highest BCUT2D eigenvalue weighted by atomic mass is 32.2. The predicted molar refractivity (Wildman–Crippen MR) is 70.0 cm³/mol. The first-order valence-corrected chi connectivity index (χ1v) is 6.81. The Morgan fingerprint density at radius 3 is 2.50 bits per heavy atom. The summed E-state index contributed by atoms with van der Waals surface area (Å²) in [6, 6.07) is 9.68. The van der Waals surface area contributed by atoms with Gasteiger partial charge in [0.25, 0.3) is 0 Å². The van der Waals surface area contributed by atoms with Crippen molar-refractivity contribution in [1.82, 2.24) is 0 Å². The van der Waals surface area contributed by atoms with E-state index in [2.05, 4.69) is 0 Å². The maximum absolute atomic E-state index is 13.7. The summed E-state index contributed by atoms with van der Waals surface area (Å²) in [7, 11) is 0. The fraction of sp³-hybridized carbons (Fsp3) is 0.429. The Morgan fingerprint density at radius 2 is 1.81 bits per heavy atom. The summed E-state index contributed by atoms with van der Waals surface area (Å²) >= 11 is 1.41. The number of halogens is 1. The molecule has 0 unspecified atom stereocenters. The molecule has 0 N–H and O–H groups in total.